The summed E-state index contributed by atoms with van der Waals surface area (Å²) in [5.74, 6) is 2.38. The lowest BCUT2D eigenvalue weighted by molar-refractivity contribution is 0.174. The first-order valence-corrected chi connectivity index (χ1v) is 6.66. The Labute approximate surface area is 118 Å². The molecule has 0 fully saturated rings. The van der Waals surface area contributed by atoms with Crippen LogP contribution in [0, 0.1) is 0 Å². The molecular formula is C16H17NO3. The molecule has 4 heteroatoms. The van der Waals surface area contributed by atoms with Gasteiger partial charge in [-0.2, -0.15) is 0 Å². The van der Waals surface area contributed by atoms with E-state index >= 15 is 0 Å². The molecule has 1 aliphatic heterocycles. The molecule has 0 radical (unpaired) electrons. The molecule has 2 N–H and O–H groups in total. The fourth-order valence-electron chi connectivity index (χ4n) is 2.24. The van der Waals surface area contributed by atoms with Gasteiger partial charge in [0.25, 0.3) is 0 Å². The molecule has 1 heterocycles. The number of hydrogen-bond donors (Lipinski definition) is 1. The van der Waals surface area contributed by atoms with Crippen LogP contribution in [-0.4, -0.2) is 13.4 Å². The number of ether oxygens (including phenoxy) is 3. The van der Waals surface area contributed by atoms with Crippen molar-refractivity contribution < 1.29 is 14.2 Å². The fraction of sp³-hybridized carbons (Fsp3) is 0.250. The summed E-state index contributed by atoms with van der Waals surface area (Å²) in [4.78, 5) is 0. The standard InChI is InChI=1S/C16H17NO3/c1-2-18-13-6-3-11(4-7-13)16(17)12-5-8-14-15(9-12)20-10-19-14/h3-9,16H,2,10,17H2,1H3. The highest BCUT2D eigenvalue weighted by molar-refractivity contribution is 5.47. The summed E-state index contributed by atoms with van der Waals surface area (Å²) >= 11 is 0. The molecular weight excluding hydrogens is 254 g/mol. The van der Waals surface area contributed by atoms with E-state index in [2.05, 4.69) is 0 Å². The Bertz CT molecular complexity index is 595. The third-order valence-electron chi connectivity index (χ3n) is 3.31. The smallest absolute Gasteiger partial charge is 0.231 e. The zero-order valence-electron chi connectivity index (χ0n) is 11.3. The minimum atomic E-state index is -0.194. The number of hydrogen-bond acceptors (Lipinski definition) is 4. The van der Waals surface area contributed by atoms with Crippen LogP contribution in [0.3, 0.4) is 0 Å². The Morgan fingerprint density at radius 2 is 1.75 bits per heavy atom. The minimum absolute atomic E-state index is 0.194. The average Bonchev–Trinajstić information content (AvgIpc) is 2.95. The van der Waals surface area contributed by atoms with Crippen molar-refractivity contribution in [1.82, 2.24) is 0 Å². The molecule has 4 nitrogen and oxygen atoms in total. The summed E-state index contributed by atoms with van der Waals surface area (Å²) in [6.07, 6.45) is 0. The van der Waals surface area contributed by atoms with Gasteiger partial charge in [-0.25, -0.2) is 0 Å². The van der Waals surface area contributed by atoms with Crippen molar-refractivity contribution in [2.75, 3.05) is 13.4 Å². The summed E-state index contributed by atoms with van der Waals surface area (Å²) in [6, 6.07) is 13.4. The van der Waals surface area contributed by atoms with Crippen molar-refractivity contribution in [2.24, 2.45) is 5.73 Å². The van der Waals surface area contributed by atoms with Crippen LogP contribution in [0.2, 0.25) is 0 Å². The molecule has 0 bridgehead atoms. The van der Waals surface area contributed by atoms with Crippen molar-refractivity contribution >= 4 is 0 Å². The van der Waals surface area contributed by atoms with E-state index in [4.69, 9.17) is 19.9 Å². The fourth-order valence-corrected chi connectivity index (χ4v) is 2.24. The molecule has 0 aliphatic carbocycles. The van der Waals surface area contributed by atoms with Gasteiger partial charge in [-0.3, -0.25) is 0 Å². The molecule has 0 saturated heterocycles. The van der Waals surface area contributed by atoms with Gasteiger partial charge in [0.05, 0.1) is 12.6 Å². The van der Waals surface area contributed by atoms with Crippen LogP contribution in [0.1, 0.15) is 24.1 Å². The molecule has 3 rings (SSSR count). The number of nitrogens with two attached hydrogens (primary N) is 1. The molecule has 2 aromatic carbocycles. The lowest BCUT2D eigenvalue weighted by Crippen LogP contribution is -2.11. The van der Waals surface area contributed by atoms with Gasteiger partial charge in [0.15, 0.2) is 11.5 Å². The van der Waals surface area contributed by atoms with Gasteiger partial charge in [0.1, 0.15) is 5.75 Å². The normalized spacial score (nSPS) is 14.1. The third-order valence-corrected chi connectivity index (χ3v) is 3.31. The first-order valence-electron chi connectivity index (χ1n) is 6.66. The highest BCUT2D eigenvalue weighted by Gasteiger charge is 2.16. The molecule has 0 saturated carbocycles. The Kier molecular flexibility index (Phi) is 3.48. The van der Waals surface area contributed by atoms with Crippen LogP contribution in [-0.2, 0) is 0 Å². The van der Waals surface area contributed by atoms with Gasteiger partial charge in [-0.1, -0.05) is 18.2 Å². The van der Waals surface area contributed by atoms with Crippen LogP contribution < -0.4 is 19.9 Å². The zero-order chi connectivity index (χ0) is 13.9. The molecule has 0 aromatic heterocycles. The van der Waals surface area contributed by atoms with Crippen molar-refractivity contribution in [3.63, 3.8) is 0 Å². The molecule has 0 amide bonds. The van der Waals surface area contributed by atoms with Gasteiger partial charge in [0.2, 0.25) is 6.79 Å². The average molecular weight is 271 g/mol. The van der Waals surface area contributed by atoms with E-state index in [9.17, 15) is 0 Å². The van der Waals surface area contributed by atoms with Crippen molar-refractivity contribution in [1.29, 1.82) is 0 Å². The maximum Gasteiger partial charge on any atom is 0.231 e. The molecule has 1 aliphatic rings. The van der Waals surface area contributed by atoms with E-state index in [1.807, 2.05) is 49.4 Å². The maximum atomic E-state index is 6.30. The number of benzene rings is 2. The second-order valence-electron chi connectivity index (χ2n) is 4.59. The van der Waals surface area contributed by atoms with Gasteiger partial charge in [0, 0.05) is 0 Å². The Balaban J connectivity index is 1.82. The highest BCUT2D eigenvalue weighted by atomic mass is 16.7. The Hall–Kier alpha value is -2.20. The second-order valence-corrected chi connectivity index (χ2v) is 4.59. The summed E-state index contributed by atoms with van der Waals surface area (Å²) in [5, 5.41) is 0. The van der Waals surface area contributed by atoms with Crippen LogP contribution >= 0.6 is 0 Å². The molecule has 20 heavy (non-hydrogen) atoms. The van der Waals surface area contributed by atoms with E-state index in [-0.39, 0.29) is 12.8 Å². The van der Waals surface area contributed by atoms with Gasteiger partial charge < -0.3 is 19.9 Å². The molecule has 2 aromatic rings. The van der Waals surface area contributed by atoms with Crippen molar-refractivity contribution in [3.8, 4) is 17.2 Å². The molecule has 1 atom stereocenters. The van der Waals surface area contributed by atoms with Crippen molar-refractivity contribution in [2.45, 2.75) is 13.0 Å². The van der Waals surface area contributed by atoms with E-state index in [1.54, 1.807) is 0 Å². The quantitative estimate of drug-likeness (QED) is 0.929. The third kappa shape index (κ3) is 2.42. The van der Waals surface area contributed by atoms with E-state index in [1.165, 1.54) is 0 Å². The van der Waals surface area contributed by atoms with Gasteiger partial charge in [-0.05, 0) is 42.3 Å². The van der Waals surface area contributed by atoms with E-state index in [0.717, 1.165) is 28.4 Å². The number of rotatable bonds is 4. The van der Waals surface area contributed by atoms with E-state index < -0.39 is 0 Å². The lowest BCUT2D eigenvalue weighted by Gasteiger charge is -2.14. The number of fused-ring (bicyclic) bond motifs is 1. The second kappa shape index (κ2) is 5.43. The van der Waals surface area contributed by atoms with Crippen LogP contribution in [0.5, 0.6) is 17.2 Å². The van der Waals surface area contributed by atoms with Crippen LogP contribution in [0.25, 0.3) is 0 Å². The largest absolute Gasteiger partial charge is 0.494 e. The summed E-state index contributed by atoms with van der Waals surface area (Å²) < 4.78 is 16.1. The topological polar surface area (TPSA) is 53.7 Å². The van der Waals surface area contributed by atoms with Crippen molar-refractivity contribution in [3.05, 3.63) is 53.6 Å². The van der Waals surface area contributed by atoms with Crippen LogP contribution in [0.15, 0.2) is 42.5 Å². The lowest BCUT2D eigenvalue weighted by atomic mass is 9.99. The van der Waals surface area contributed by atoms with Crippen LogP contribution in [0.4, 0.5) is 0 Å². The van der Waals surface area contributed by atoms with E-state index in [0.29, 0.717) is 6.61 Å². The summed E-state index contributed by atoms with van der Waals surface area (Å²) in [6.45, 7) is 2.90. The van der Waals surface area contributed by atoms with Gasteiger partial charge in [-0.15, -0.1) is 0 Å². The Morgan fingerprint density at radius 1 is 1.05 bits per heavy atom. The molecule has 0 spiro atoms. The molecule has 104 valence electrons. The predicted octanol–water partition coefficient (Wildman–Crippen LogP) is 2.86. The molecule has 1 unspecified atom stereocenters. The summed E-state index contributed by atoms with van der Waals surface area (Å²) in [7, 11) is 0. The first kappa shape index (κ1) is 12.8. The monoisotopic (exact) mass is 271 g/mol. The minimum Gasteiger partial charge on any atom is -0.494 e. The SMILES string of the molecule is CCOc1ccc(C(N)c2ccc3c(c2)OCO3)cc1. The summed E-state index contributed by atoms with van der Waals surface area (Å²) in [5.41, 5.74) is 8.33. The zero-order valence-corrected chi connectivity index (χ0v) is 11.3. The predicted molar refractivity (Wildman–Crippen MR) is 76.2 cm³/mol. The maximum absolute atomic E-state index is 6.30. The highest BCUT2D eigenvalue weighted by Crippen LogP contribution is 2.35. The first-order chi connectivity index (χ1) is 9.78. The van der Waals surface area contributed by atoms with Gasteiger partial charge >= 0.3 is 0 Å². The Morgan fingerprint density at radius 3 is 2.50 bits per heavy atom.